The summed E-state index contributed by atoms with van der Waals surface area (Å²) >= 11 is 0. The molecule has 10 heteroatoms. The summed E-state index contributed by atoms with van der Waals surface area (Å²) in [6.45, 7) is 19.9. The third-order valence-electron chi connectivity index (χ3n) is 5.04. The van der Waals surface area contributed by atoms with Crippen molar-refractivity contribution in [3.05, 3.63) is 0 Å². The topological polar surface area (TPSA) is 78.9 Å². The van der Waals surface area contributed by atoms with Gasteiger partial charge in [-0.15, -0.1) is 0 Å². The SMILES string of the molecule is CCO[Si](OCC)(OCC)C(CC)N(CCCO)C(CC)[Si](OCC)(OCC)OCC. The Balaban J connectivity index is 6.55. The van der Waals surface area contributed by atoms with Crippen LogP contribution in [0.15, 0.2) is 0 Å². The maximum Gasteiger partial charge on any atom is 0.519 e. The highest BCUT2D eigenvalue weighted by Gasteiger charge is 2.58. The van der Waals surface area contributed by atoms with Gasteiger partial charge in [-0.1, -0.05) is 13.8 Å². The number of rotatable bonds is 21. The van der Waals surface area contributed by atoms with Gasteiger partial charge in [0.25, 0.3) is 0 Å². The highest BCUT2D eigenvalue weighted by molar-refractivity contribution is 6.64. The number of hydrogen-bond acceptors (Lipinski definition) is 8. The Morgan fingerprint density at radius 2 is 0.871 bits per heavy atom. The van der Waals surface area contributed by atoms with Crippen molar-refractivity contribution in [1.29, 1.82) is 0 Å². The Morgan fingerprint density at radius 3 is 1.06 bits per heavy atom. The predicted octanol–water partition coefficient (Wildman–Crippen LogP) is 3.40. The fraction of sp³-hybridized carbons (Fsp3) is 1.00. The molecule has 1 N–H and O–H groups in total. The van der Waals surface area contributed by atoms with Gasteiger partial charge in [0.1, 0.15) is 0 Å². The zero-order valence-corrected chi connectivity index (χ0v) is 23.3. The first-order valence-corrected chi connectivity index (χ1v) is 15.8. The molecule has 2 atom stereocenters. The quantitative estimate of drug-likeness (QED) is 0.249. The Labute approximate surface area is 193 Å². The van der Waals surface area contributed by atoms with E-state index in [4.69, 9.17) is 26.6 Å². The average Bonchev–Trinajstić information content (AvgIpc) is 2.73. The molecule has 0 heterocycles. The smallest absolute Gasteiger partial charge is 0.396 e. The molecular weight excluding hydrogens is 434 g/mol. The molecule has 8 nitrogen and oxygen atoms in total. The van der Waals surface area contributed by atoms with E-state index >= 15 is 0 Å². The summed E-state index contributed by atoms with van der Waals surface area (Å²) in [5, 5.41) is 9.66. The first-order valence-electron chi connectivity index (χ1n) is 12.2. The third-order valence-corrected chi connectivity index (χ3v) is 12.3. The molecule has 188 valence electrons. The van der Waals surface area contributed by atoms with Crippen LogP contribution in [0, 0.1) is 0 Å². The fourth-order valence-corrected chi connectivity index (χ4v) is 10.8. The minimum absolute atomic E-state index is 0.0995. The van der Waals surface area contributed by atoms with E-state index in [0.717, 1.165) is 12.8 Å². The van der Waals surface area contributed by atoms with E-state index in [1.807, 2.05) is 41.5 Å². The van der Waals surface area contributed by atoms with Gasteiger partial charge in [0.05, 0.1) is 11.3 Å². The molecule has 0 aromatic rings. The van der Waals surface area contributed by atoms with Crippen LogP contribution in [-0.2, 0) is 26.6 Å². The molecular formula is C21H49NO7Si2. The van der Waals surface area contributed by atoms with Crippen LogP contribution >= 0.6 is 0 Å². The molecule has 0 radical (unpaired) electrons. The Hall–Kier alpha value is 0.114. The van der Waals surface area contributed by atoms with Gasteiger partial charge in [-0.25, -0.2) is 0 Å². The highest BCUT2D eigenvalue weighted by atomic mass is 28.4. The second kappa shape index (κ2) is 17.6. The van der Waals surface area contributed by atoms with Crippen molar-refractivity contribution in [3.63, 3.8) is 0 Å². The zero-order valence-electron chi connectivity index (χ0n) is 21.3. The highest BCUT2D eigenvalue weighted by Crippen LogP contribution is 2.31. The predicted molar refractivity (Wildman–Crippen MR) is 128 cm³/mol. The molecule has 0 aliphatic rings. The number of aliphatic hydroxyl groups is 1. The van der Waals surface area contributed by atoms with E-state index in [9.17, 15) is 5.11 Å². The minimum Gasteiger partial charge on any atom is -0.396 e. The second-order valence-electron chi connectivity index (χ2n) is 6.97. The van der Waals surface area contributed by atoms with E-state index < -0.39 is 17.6 Å². The molecule has 0 saturated carbocycles. The van der Waals surface area contributed by atoms with Crippen LogP contribution < -0.4 is 0 Å². The van der Waals surface area contributed by atoms with E-state index in [-0.39, 0.29) is 17.9 Å². The van der Waals surface area contributed by atoms with Crippen LogP contribution in [0.5, 0.6) is 0 Å². The van der Waals surface area contributed by atoms with Crippen LogP contribution in [0.3, 0.4) is 0 Å². The van der Waals surface area contributed by atoms with Crippen LogP contribution in [0.25, 0.3) is 0 Å². The molecule has 0 aromatic heterocycles. The number of nitrogens with zero attached hydrogens (tertiary/aromatic N) is 1. The van der Waals surface area contributed by atoms with Crippen LogP contribution in [0.2, 0.25) is 0 Å². The minimum atomic E-state index is -3.06. The average molecular weight is 484 g/mol. The summed E-state index contributed by atoms with van der Waals surface area (Å²) in [6, 6.07) is 0. The van der Waals surface area contributed by atoms with Gasteiger partial charge in [0.15, 0.2) is 0 Å². The van der Waals surface area contributed by atoms with Crippen molar-refractivity contribution >= 4 is 17.6 Å². The molecule has 0 aromatic carbocycles. The molecule has 0 spiro atoms. The molecule has 0 aliphatic heterocycles. The van der Waals surface area contributed by atoms with Gasteiger partial charge in [-0.3, -0.25) is 4.90 Å². The summed E-state index contributed by atoms with van der Waals surface area (Å²) in [5.41, 5.74) is -0.200. The van der Waals surface area contributed by atoms with Crippen molar-refractivity contribution < 1.29 is 31.7 Å². The molecule has 0 bridgehead atoms. The number of aliphatic hydroxyl groups excluding tert-OH is 1. The van der Waals surface area contributed by atoms with Crippen molar-refractivity contribution in [3.8, 4) is 0 Å². The van der Waals surface area contributed by atoms with Crippen LogP contribution in [0.1, 0.15) is 74.7 Å². The zero-order chi connectivity index (χ0) is 23.8. The van der Waals surface area contributed by atoms with Crippen molar-refractivity contribution in [2.45, 2.75) is 86.0 Å². The molecule has 0 amide bonds. The monoisotopic (exact) mass is 483 g/mol. The lowest BCUT2D eigenvalue weighted by molar-refractivity contribution is 0.000472. The van der Waals surface area contributed by atoms with Gasteiger partial charge in [-0.05, 0) is 60.8 Å². The third kappa shape index (κ3) is 8.76. The first-order chi connectivity index (χ1) is 15.0. The van der Waals surface area contributed by atoms with Gasteiger partial charge < -0.3 is 31.7 Å². The Bertz CT molecular complexity index is 366. The van der Waals surface area contributed by atoms with Gasteiger partial charge in [0, 0.05) is 52.8 Å². The van der Waals surface area contributed by atoms with Gasteiger partial charge >= 0.3 is 17.6 Å². The van der Waals surface area contributed by atoms with Crippen molar-refractivity contribution in [1.82, 2.24) is 4.90 Å². The fourth-order valence-electron chi connectivity index (χ4n) is 4.19. The van der Waals surface area contributed by atoms with Gasteiger partial charge in [-0.2, -0.15) is 0 Å². The normalized spacial score (nSPS) is 14.9. The molecule has 0 saturated heterocycles. The van der Waals surface area contributed by atoms with Crippen LogP contribution in [0.4, 0.5) is 0 Å². The first kappa shape index (κ1) is 31.1. The molecule has 0 aliphatic carbocycles. The summed E-state index contributed by atoms with van der Waals surface area (Å²) in [5.74, 6) is 0. The standard InChI is InChI=1S/C21H49NO7Si2/c1-9-20(30(24-11-3,25-12-4)26-13-5)22(18-17-19-23)21(10-2)31(27-14-6,28-15-7)29-16-8/h20-21,23H,9-19H2,1-8H3. The maximum atomic E-state index is 9.66. The lowest BCUT2D eigenvalue weighted by atomic mass is 10.3. The Morgan fingerprint density at radius 1 is 0.581 bits per heavy atom. The van der Waals surface area contributed by atoms with Gasteiger partial charge in [0.2, 0.25) is 0 Å². The molecule has 0 rings (SSSR count). The van der Waals surface area contributed by atoms with E-state index in [1.54, 1.807) is 0 Å². The summed E-state index contributed by atoms with van der Waals surface area (Å²) in [4.78, 5) is 2.34. The summed E-state index contributed by atoms with van der Waals surface area (Å²) in [6.07, 6.45) is 2.18. The molecule has 0 fully saturated rings. The van der Waals surface area contributed by atoms with Crippen molar-refractivity contribution in [2.24, 2.45) is 0 Å². The summed E-state index contributed by atoms with van der Waals surface area (Å²) in [7, 11) is -6.13. The lowest BCUT2D eigenvalue weighted by Crippen LogP contribution is -2.71. The number of hydrogen-bond donors (Lipinski definition) is 1. The lowest BCUT2D eigenvalue weighted by Gasteiger charge is -2.47. The van der Waals surface area contributed by atoms with E-state index in [2.05, 4.69) is 18.7 Å². The van der Waals surface area contributed by atoms with Crippen molar-refractivity contribution in [2.75, 3.05) is 52.8 Å². The summed E-state index contributed by atoms with van der Waals surface area (Å²) < 4.78 is 37.8. The largest absolute Gasteiger partial charge is 0.519 e. The maximum absolute atomic E-state index is 9.66. The molecule has 2 unspecified atom stereocenters. The van der Waals surface area contributed by atoms with Crippen LogP contribution in [-0.4, -0.2) is 91.7 Å². The second-order valence-corrected chi connectivity index (χ2v) is 12.4. The van der Waals surface area contributed by atoms with E-state index in [1.165, 1.54) is 0 Å². The Kier molecular flexibility index (Phi) is 17.6. The molecule has 31 heavy (non-hydrogen) atoms. The van der Waals surface area contributed by atoms with E-state index in [0.29, 0.717) is 52.6 Å².